The van der Waals surface area contributed by atoms with E-state index >= 15 is 0 Å². The first-order valence-corrected chi connectivity index (χ1v) is 5.89. The number of carboxylic acids is 1. The normalized spacial score (nSPS) is 13.2. The monoisotopic (exact) mass is 252 g/mol. The second kappa shape index (κ2) is 5.62. The molecular formula is C13H16O5. The summed E-state index contributed by atoms with van der Waals surface area (Å²) in [4.78, 5) is 10.5. The van der Waals surface area contributed by atoms with E-state index in [2.05, 4.69) is 0 Å². The van der Waals surface area contributed by atoms with Crippen LogP contribution < -0.4 is 14.2 Å². The van der Waals surface area contributed by atoms with Gasteiger partial charge in [-0.2, -0.15) is 0 Å². The molecule has 0 bridgehead atoms. The highest BCUT2D eigenvalue weighted by Crippen LogP contribution is 2.37. The van der Waals surface area contributed by atoms with Crippen molar-refractivity contribution in [3.63, 3.8) is 0 Å². The van der Waals surface area contributed by atoms with Crippen LogP contribution in [0.15, 0.2) is 12.1 Å². The molecule has 0 saturated heterocycles. The predicted octanol–water partition coefficient (Wildman–Crippen LogP) is 1.87. The summed E-state index contributed by atoms with van der Waals surface area (Å²) < 4.78 is 16.2. The number of aryl methyl sites for hydroxylation is 1. The summed E-state index contributed by atoms with van der Waals surface area (Å²) in [6.45, 7) is 1.07. The molecule has 0 spiro atoms. The van der Waals surface area contributed by atoms with E-state index in [9.17, 15) is 4.79 Å². The molecule has 1 aliphatic rings. The molecule has 0 aliphatic carbocycles. The highest BCUT2D eigenvalue weighted by atomic mass is 16.6. The maximum atomic E-state index is 10.5. The third-order valence-electron chi connectivity index (χ3n) is 2.78. The number of methoxy groups -OCH3 is 1. The zero-order valence-corrected chi connectivity index (χ0v) is 10.3. The number of ether oxygens (including phenoxy) is 3. The Labute approximate surface area is 105 Å². The summed E-state index contributed by atoms with van der Waals surface area (Å²) in [7, 11) is 1.59. The number of carboxylic acid groups (broad SMARTS) is 1. The predicted molar refractivity (Wildman–Crippen MR) is 64.6 cm³/mol. The van der Waals surface area contributed by atoms with Gasteiger partial charge < -0.3 is 19.3 Å². The average molecular weight is 252 g/mol. The van der Waals surface area contributed by atoms with Crippen LogP contribution in [0.5, 0.6) is 17.2 Å². The van der Waals surface area contributed by atoms with E-state index in [0.29, 0.717) is 43.3 Å². The van der Waals surface area contributed by atoms with Gasteiger partial charge in [0, 0.05) is 12.5 Å². The van der Waals surface area contributed by atoms with Crippen molar-refractivity contribution in [2.45, 2.75) is 19.3 Å². The molecule has 2 rings (SSSR count). The van der Waals surface area contributed by atoms with Gasteiger partial charge in [-0.05, 0) is 24.5 Å². The highest BCUT2D eigenvalue weighted by Gasteiger charge is 2.16. The van der Waals surface area contributed by atoms with E-state index in [4.69, 9.17) is 19.3 Å². The Kier molecular flexibility index (Phi) is 3.92. The number of rotatable bonds is 5. The van der Waals surface area contributed by atoms with Crippen molar-refractivity contribution in [3.05, 3.63) is 17.7 Å². The maximum Gasteiger partial charge on any atom is 0.303 e. The van der Waals surface area contributed by atoms with Crippen LogP contribution >= 0.6 is 0 Å². The Morgan fingerprint density at radius 2 is 2.00 bits per heavy atom. The maximum absolute atomic E-state index is 10.5. The SMILES string of the molecule is COc1cc2c(cc1CCCC(=O)O)OCCO2. The number of benzene rings is 1. The molecule has 0 atom stereocenters. The van der Waals surface area contributed by atoms with Crippen molar-refractivity contribution in [2.75, 3.05) is 20.3 Å². The van der Waals surface area contributed by atoms with Gasteiger partial charge in [-0.25, -0.2) is 0 Å². The van der Waals surface area contributed by atoms with Crippen LogP contribution in [0.3, 0.4) is 0 Å². The van der Waals surface area contributed by atoms with E-state index in [0.717, 1.165) is 5.56 Å². The minimum Gasteiger partial charge on any atom is -0.496 e. The van der Waals surface area contributed by atoms with Crippen LogP contribution in [0.4, 0.5) is 0 Å². The lowest BCUT2D eigenvalue weighted by Crippen LogP contribution is -2.15. The molecule has 0 radical (unpaired) electrons. The van der Waals surface area contributed by atoms with Gasteiger partial charge in [0.25, 0.3) is 0 Å². The summed E-state index contributed by atoms with van der Waals surface area (Å²) in [6, 6.07) is 3.67. The second-order valence-electron chi connectivity index (χ2n) is 4.06. The third-order valence-corrected chi connectivity index (χ3v) is 2.78. The molecule has 0 unspecified atom stereocenters. The fourth-order valence-electron chi connectivity index (χ4n) is 1.93. The van der Waals surface area contributed by atoms with Crippen molar-refractivity contribution in [3.8, 4) is 17.2 Å². The van der Waals surface area contributed by atoms with Crippen molar-refractivity contribution in [2.24, 2.45) is 0 Å². The van der Waals surface area contributed by atoms with Gasteiger partial charge in [-0.15, -0.1) is 0 Å². The Morgan fingerprint density at radius 3 is 2.61 bits per heavy atom. The van der Waals surface area contributed by atoms with Crippen molar-refractivity contribution in [1.29, 1.82) is 0 Å². The number of carbonyl (C=O) groups is 1. The molecule has 1 aliphatic heterocycles. The van der Waals surface area contributed by atoms with Gasteiger partial charge in [0.2, 0.25) is 0 Å². The topological polar surface area (TPSA) is 65.0 Å². The molecule has 5 nitrogen and oxygen atoms in total. The fraction of sp³-hybridized carbons (Fsp3) is 0.462. The summed E-state index contributed by atoms with van der Waals surface area (Å²) >= 11 is 0. The van der Waals surface area contributed by atoms with Gasteiger partial charge in [0.1, 0.15) is 19.0 Å². The van der Waals surface area contributed by atoms with Crippen LogP contribution in [0, 0.1) is 0 Å². The molecule has 1 aromatic rings. The molecule has 0 aromatic heterocycles. The zero-order valence-electron chi connectivity index (χ0n) is 10.3. The highest BCUT2D eigenvalue weighted by molar-refractivity contribution is 5.66. The van der Waals surface area contributed by atoms with Crippen molar-refractivity contribution >= 4 is 5.97 Å². The summed E-state index contributed by atoms with van der Waals surface area (Å²) in [5, 5.41) is 8.63. The fourth-order valence-corrected chi connectivity index (χ4v) is 1.93. The third kappa shape index (κ3) is 2.85. The quantitative estimate of drug-likeness (QED) is 0.866. The van der Waals surface area contributed by atoms with E-state index < -0.39 is 5.97 Å². The van der Waals surface area contributed by atoms with Crippen LogP contribution in [0.25, 0.3) is 0 Å². The summed E-state index contributed by atoms with van der Waals surface area (Å²) in [5.74, 6) is 1.31. The molecule has 0 saturated carbocycles. The molecule has 5 heteroatoms. The summed E-state index contributed by atoms with van der Waals surface area (Å²) in [5.41, 5.74) is 0.947. The Hall–Kier alpha value is -1.91. The minimum atomic E-state index is -0.786. The van der Waals surface area contributed by atoms with Gasteiger partial charge in [0.15, 0.2) is 11.5 Å². The second-order valence-corrected chi connectivity index (χ2v) is 4.06. The lowest BCUT2D eigenvalue weighted by molar-refractivity contribution is -0.137. The summed E-state index contributed by atoms with van der Waals surface area (Å²) in [6.07, 6.45) is 1.37. The van der Waals surface area contributed by atoms with Gasteiger partial charge >= 0.3 is 5.97 Å². The Morgan fingerprint density at radius 1 is 1.33 bits per heavy atom. The first-order chi connectivity index (χ1) is 8.70. The number of aliphatic carboxylic acids is 1. The van der Waals surface area contributed by atoms with Crippen LogP contribution in [-0.2, 0) is 11.2 Å². The number of hydrogen-bond acceptors (Lipinski definition) is 4. The molecule has 1 N–H and O–H groups in total. The Balaban J connectivity index is 2.14. The largest absolute Gasteiger partial charge is 0.496 e. The van der Waals surface area contributed by atoms with Crippen molar-refractivity contribution < 1.29 is 24.1 Å². The minimum absolute atomic E-state index is 0.150. The molecule has 98 valence electrons. The molecular weight excluding hydrogens is 236 g/mol. The van der Waals surface area contributed by atoms with E-state index in [-0.39, 0.29) is 6.42 Å². The van der Waals surface area contributed by atoms with E-state index in [1.54, 1.807) is 13.2 Å². The first-order valence-electron chi connectivity index (χ1n) is 5.89. The van der Waals surface area contributed by atoms with Crippen LogP contribution in [0.1, 0.15) is 18.4 Å². The van der Waals surface area contributed by atoms with Gasteiger partial charge in [-0.1, -0.05) is 0 Å². The van der Waals surface area contributed by atoms with Crippen LogP contribution in [0.2, 0.25) is 0 Å². The number of fused-ring (bicyclic) bond motifs is 1. The van der Waals surface area contributed by atoms with Gasteiger partial charge in [-0.3, -0.25) is 4.79 Å². The van der Waals surface area contributed by atoms with Crippen LogP contribution in [-0.4, -0.2) is 31.4 Å². The zero-order chi connectivity index (χ0) is 13.0. The molecule has 0 amide bonds. The number of hydrogen-bond donors (Lipinski definition) is 1. The average Bonchev–Trinajstić information content (AvgIpc) is 2.37. The lowest BCUT2D eigenvalue weighted by Gasteiger charge is -2.20. The first kappa shape index (κ1) is 12.5. The smallest absolute Gasteiger partial charge is 0.303 e. The van der Waals surface area contributed by atoms with Gasteiger partial charge in [0.05, 0.1) is 7.11 Å². The molecule has 0 fully saturated rings. The standard InChI is InChI=1S/C13H16O5/c1-16-10-8-12-11(17-5-6-18-12)7-9(10)3-2-4-13(14)15/h7-8H,2-6H2,1H3,(H,14,15). The van der Waals surface area contributed by atoms with E-state index in [1.807, 2.05) is 6.07 Å². The van der Waals surface area contributed by atoms with E-state index in [1.165, 1.54) is 0 Å². The molecule has 1 aromatic carbocycles. The molecule has 18 heavy (non-hydrogen) atoms. The van der Waals surface area contributed by atoms with Crippen molar-refractivity contribution in [1.82, 2.24) is 0 Å². The lowest BCUT2D eigenvalue weighted by atomic mass is 10.1. The molecule has 1 heterocycles. The Bertz CT molecular complexity index is 441.